The molecule has 1 aromatic heterocycles. The van der Waals surface area contributed by atoms with Crippen molar-refractivity contribution in [2.24, 2.45) is 0 Å². The largest absolute Gasteiger partial charge is 0.493 e. The number of thiophene rings is 1. The zero-order chi connectivity index (χ0) is 20.8. The molecule has 0 atom stereocenters. The minimum atomic E-state index is -0.358. The summed E-state index contributed by atoms with van der Waals surface area (Å²) in [6.07, 6.45) is 0.136. The molecule has 0 aliphatic rings. The number of rotatable bonds is 8. The number of esters is 1. The number of fused-ring (bicyclic) bond motifs is 1. The maximum absolute atomic E-state index is 12.5. The minimum absolute atomic E-state index is 0.136. The number of hydrogen-bond acceptors (Lipinski definition) is 6. The highest BCUT2D eigenvalue weighted by Crippen LogP contribution is 2.39. The first kappa shape index (κ1) is 20.7. The Morgan fingerprint density at radius 3 is 2.52 bits per heavy atom. The van der Waals surface area contributed by atoms with Gasteiger partial charge in [0.25, 0.3) is 5.91 Å². The van der Waals surface area contributed by atoms with Crippen LogP contribution in [0.15, 0.2) is 42.5 Å². The first-order chi connectivity index (χ1) is 14.0. The van der Waals surface area contributed by atoms with E-state index in [2.05, 4.69) is 10.1 Å². The van der Waals surface area contributed by atoms with E-state index >= 15 is 0 Å². The summed E-state index contributed by atoms with van der Waals surface area (Å²) in [5.41, 5.74) is 1.93. The molecule has 6 nitrogen and oxygen atoms in total. The Hall–Kier alpha value is -3.06. The van der Waals surface area contributed by atoms with Crippen molar-refractivity contribution in [3.05, 3.63) is 58.5 Å². The second kappa shape index (κ2) is 9.43. The van der Waals surface area contributed by atoms with Crippen molar-refractivity contribution in [2.75, 3.05) is 20.8 Å². The van der Waals surface area contributed by atoms with E-state index < -0.39 is 0 Å². The highest BCUT2D eigenvalue weighted by molar-refractivity contribution is 7.21. The Balaban J connectivity index is 1.81. The van der Waals surface area contributed by atoms with Crippen LogP contribution in [0.1, 0.15) is 27.2 Å². The lowest BCUT2D eigenvalue weighted by molar-refractivity contribution is -0.140. The molecule has 0 radical (unpaired) electrons. The molecule has 0 aliphatic heterocycles. The molecule has 3 rings (SSSR count). The summed E-state index contributed by atoms with van der Waals surface area (Å²) in [7, 11) is 2.92. The number of ether oxygens (including phenoxy) is 3. The van der Waals surface area contributed by atoms with Crippen LogP contribution in [0, 0.1) is 6.92 Å². The molecule has 3 aromatic rings. The third-order valence-corrected chi connectivity index (χ3v) is 5.76. The van der Waals surface area contributed by atoms with Gasteiger partial charge in [0.1, 0.15) is 6.61 Å². The van der Waals surface area contributed by atoms with E-state index in [1.54, 1.807) is 7.11 Å². The van der Waals surface area contributed by atoms with Crippen LogP contribution in [0.25, 0.3) is 10.1 Å². The van der Waals surface area contributed by atoms with Gasteiger partial charge in [0.2, 0.25) is 0 Å². The van der Waals surface area contributed by atoms with Gasteiger partial charge >= 0.3 is 5.97 Å². The molecule has 0 saturated carbocycles. The van der Waals surface area contributed by atoms with Gasteiger partial charge in [0.05, 0.1) is 25.5 Å². The molecule has 0 fully saturated rings. The van der Waals surface area contributed by atoms with Crippen molar-refractivity contribution >= 4 is 33.3 Å². The molecule has 0 bridgehead atoms. The van der Waals surface area contributed by atoms with Gasteiger partial charge in [0, 0.05) is 22.7 Å². The molecule has 0 spiro atoms. The van der Waals surface area contributed by atoms with E-state index in [0.717, 1.165) is 21.2 Å². The topological polar surface area (TPSA) is 73.9 Å². The quantitative estimate of drug-likeness (QED) is 0.563. The van der Waals surface area contributed by atoms with Gasteiger partial charge < -0.3 is 19.5 Å². The van der Waals surface area contributed by atoms with Gasteiger partial charge in [-0.3, -0.25) is 9.59 Å². The molecule has 29 heavy (non-hydrogen) atoms. The summed E-state index contributed by atoms with van der Waals surface area (Å²) in [5, 5.41) is 3.71. The highest BCUT2D eigenvalue weighted by Gasteiger charge is 2.18. The number of methoxy groups -OCH3 is 2. The van der Waals surface area contributed by atoms with Crippen molar-refractivity contribution in [3.63, 3.8) is 0 Å². The number of amides is 1. The second-order valence-corrected chi connectivity index (χ2v) is 7.46. The van der Waals surface area contributed by atoms with Crippen molar-refractivity contribution in [1.82, 2.24) is 5.32 Å². The van der Waals surface area contributed by atoms with Gasteiger partial charge in [0.15, 0.2) is 11.5 Å². The number of carbonyl (C=O) groups excluding carboxylic acids is 2. The number of nitrogens with one attached hydrogen (secondary N) is 1. The van der Waals surface area contributed by atoms with Crippen LogP contribution in [-0.2, 0) is 16.1 Å². The lowest BCUT2D eigenvalue weighted by Crippen LogP contribution is -2.26. The predicted molar refractivity (Wildman–Crippen MR) is 113 cm³/mol. The van der Waals surface area contributed by atoms with Crippen LogP contribution < -0.4 is 14.8 Å². The Kier molecular flexibility index (Phi) is 6.72. The molecule has 0 aliphatic carbocycles. The highest BCUT2D eigenvalue weighted by atomic mass is 32.1. The Morgan fingerprint density at radius 1 is 1.07 bits per heavy atom. The smallest absolute Gasteiger partial charge is 0.307 e. The Morgan fingerprint density at radius 2 is 1.83 bits per heavy atom. The lowest BCUT2D eigenvalue weighted by Gasteiger charge is -2.11. The molecule has 2 aromatic carbocycles. The zero-order valence-electron chi connectivity index (χ0n) is 16.6. The molecular weight excluding hydrogens is 390 g/mol. The van der Waals surface area contributed by atoms with Crippen molar-refractivity contribution < 1.29 is 23.8 Å². The second-order valence-electron chi connectivity index (χ2n) is 6.41. The van der Waals surface area contributed by atoms with Crippen molar-refractivity contribution in [2.45, 2.75) is 20.0 Å². The van der Waals surface area contributed by atoms with E-state index in [1.165, 1.54) is 18.4 Å². The maximum atomic E-state index is 12.5. The Bertz CT molecular complexity index is 1010. The van der Waals surface area contributed by atoms with E-state index in [4.69, 9.17) is 9.47 Å². The summed E-state index contributed by atoms with van der Waals surface area (Å²) in [6, 6.07) is 13.7. The molecule has 152 valence electrons. The SMILES string of the molecule is COC(=O)CCNC(=O)c1sc2cc(OC)c(OCc3ccccc3)cc2c1C. The van der Waals surface area contributed by atoms with Gasteiger partial charge in [-0.05, 0) is 24.1 Å². The average Bonchev–Trinajstić information content (AvgIpc) is 3.07. The van der Waals surface area contributed by atoms with E-state index in [9.17, 15) is 9.59 Å². The molecule has 7 heteroatoms. The van der Waals surface area contributed by atoms with Gasteiger partial charge in [-0.1, -0.05) is 30.3 Å². The zero-order valence-corrected chi connectivity index (χ0v) is 17.4. The molecule has 1 amide bonds. The number of hydrogen-bond donors (Lipinski definition) is 1. The number of benzene rings is 2. The van der Waals surface area contributed by atoms with E-state index in [0.29, 0.717) is 23.0 Å². The molecular formula is C22H23NO5S. The summed E-state index contributed by atoms with van der Waals surface area (Å²) in [6.45, 7) is 2.56. The summed E-state index contributed by atoms with van der Waals surface area (Å²) < 4.78 is 17.0. The normalized spacial score (nSPS) is 10.6. The number of carbonyl (C=O) groups is 2. The number of aryl methyl sites for hydroxylation is 1. The molecule has 0 unspecified atom stereocenters. The van der Waals surface area contributed by atoms with Gasteiger partial charge in [-0.2, -0.15) is 0 Å². The van der Waals surface area contributed by atoms with E-state index in [-0.39, 0.29) is 24.8 Å². The van der Waals surface area contributed by atoms with Gasteiger partial charge in [-0.25, -0.2) is 0 Å². The van der Waals surface area contributed by atoms with Crippen molar-refractivity contribution in [1.29, 1.82) is 0 Å². The van der Waals surface area contributed by atoms with Crippen molar-refractivity contribution in [3.8, 4) is 11.5 Å². The molecule has 1 heterocycles. The summed E-state index contributed by atoms with van der Waals surface area (Å²) in [4.78, 5) is 24.4. The molecule has 1 N–H and O–H groups in total. The van der Waals surface area contributed by atoms with Crippen LogP contribution in [0.2, 0.25) is 0 Å². The van der Waals surface area contributed by atoms with Crippen LogP contribution in [0.5, 0.6) is 11.5 Å². The predicted octanol–water partition coefficient (Wildman–Crippen LogP) is 4.09. The summed E-state index contributed by atoms with van der Waals surface area (Å²) in [5.74, 6) is 0.677. The molecule has 0 saturated heterocycles. The summed E-state index contributed by atoms with van der Waals surface area (Å²) >= 11 is 1.39. The Labute approximate surface area is 173 Å². The monoisotopic (exact) mass is 413 g/mol. The standard InChI is InChI=1S/C22H23NO5S/c1-14-16-11-18(28-13-15-7-5-4-6-8-15)17(26-2)12-19(16)29-21(14)22(25)23-10-9-20(24)27-3/h4-8,11-12H,9-10,13H2,1-3H3,(H,23,25). The maximum Gasteiger partial charge on any atom is 0.307 e. The van der Waals surface area contributed by atoms with E-state index in [1.807, 2.05) is 49.4 Å². The minimum Gasteiger partial charge on any atom is -0.493 e. The fourth-order valence-electron chi connectivity index (χ4n) is 2.91. The first-order valence-electron chi connectivity index (χ1n) is 9.16. The van der Waals surface area contributed by atoms with Gasteiger partial charge in [-0.15, -0.1) is 11.3 Å². The first-order valence-corrected chi connectivity index (χ1v) is 9.98. The fraction of sp³-hybridized carbons (Fsp3) is 0.273. The van der Waals surface area contributed by atoms with Crippen LogP contribution in [0.3, 0.4) is 0 Å². The lowest BCUT2D eigenvalue weighted by atomic mass is 10.1. The van der Waals surface area contributed by atoms with Crippen LogP contribution >= 0.6 is 11.3 Å². The van der Waals surface area contributed by atoms with Crippen LogP contribution in [-0.4, -0.2) is 32.6 Å². The third-order valence-electron chi connectivity index (χ3n) is 4.51. The van der Waals surface area contributed by atoms with Crippen LogP contribution in [0.4, 0.5) is 0 Å². The third kappa shape index (κ3) is 4.86. The fourth-order valence-corrected chi connectivity index (χ4v) is 4.05. The average molecular weight is 413 g/mol.